The molecule has 1 aliphatic rings. The fourth-order valence-electron chi connectivity index (χ4n) is 4.42. The number of hydrogen-bond donors (Lipinski definition) is 1. The van der Waals surface area contributed by atoms with Crippen LogP contribution in [-0.2, 0) is 16.1 Å². The summed E-state index contributed by atoms with van der Waals surface area (Å²) in [5.41, 5.74) is 1.24. The SMILES string of the molecule is CCOc1ccc(Cl)c(/C(O)=C2\C(=O)C(=O)N(Cc3ccncc3)C2c2cc(OC)c(OC)c(OC)c2)c1. The van der Waals surface area contributed by atoms with Crippen LogP contribution >= 0.6 is 11.6 Å². The number of aliphatic hydroxyl groups is 1. The summed E-state index contributed by atoms with van der Waals surface area (Å²) in [6, 6.07) is 10.5. The number of ketones is 1. The Labute approximate surface area is 225 Å². The molecule has 1 N–H and O–H groups in total. The van der Waals surface area contributed by atoms with Crippen LogP contribution in [0.5, 0.6) is 23.0 Å². The zero-order chi connectivity index (χ0) is 27.4. The largest absolute Gasteiger partial charge is 0.507 e. The lowest BCUT2D eigenvalue weighted by Crippen LogP contribution is -2.29. The fourth-order valence-corrected chi connectivity index (χ4v) is 4.63. The molecule has 0 aliphatic carbocycles. The van der Waals surface area contributed by atoms with E-state index in [4.69, 9.17) is 30.5 Å². The molecule has 1 aromatic heterocycles. The number of pyridine rings is 1. The first-order chi connectivity index (χ1) is 18.3. The van der Waals surface area contributed by atoms with Gasteiger partial charge >= 0.3 is 0 Å². The zero-order valence-corrected chi connectivity index (χ0v) is 22.1. The number of halogens is 1. The molecule has 2 heterocycles. The number of carbonyl (C=O) groups excluding carboxylic acids is 2. The number of aromatic nitrogens is 1. The number of Topliss-reactive ketones (excluding diaryl/α,β-unsaturated/α-hetero) is 1. The number of likely N-dealkylation sites (tertiary alicyclic amines) is 1. The highest BCUT2D eigenvalue weighted by Crippen LogP contribution is 2.46. The molecule has 2 aromatic carbocycles. The first-order valence-electron chi connectivity index (χ1n) is 11.7. The molecule has 1 saturated heterocycles. The number of hydrogen-bond acceptors (Lipinski definition) is 8. The molecule has 4 rings (SSSR count). The van der Waals surface area contributed by atoms with E-state index in [1.54, 1.807) is 48.8 Å². The number of carbonyl (C=O) groups is 2. The number of amides is 1. The van der Waals surface area contributed by atoms with Crippen LogP contribution in [0.4, 0.5) is 0 Å². The molecule has 1 atom stereocenters. The van der Waals surface area contributed by atoms with Gasteiger partial charge in [0.2, 0.25) is 5.75 Å². The molecule has 1 amide bonds. The van der Waals surface area contributed by atoms with E-state index >= 15 is 0 Å². The zero-order valence-electron chi connectivity index (χ0n) is 21.4. The Morgan fingerprint density at radius 1 is 1.00 bits per heavy atom. The van der Waals surface area contributed by atoms with E-state index in [2.05, 4.69) is 4.98 Å². The van der Waals surface area contributed by atoms with Gasteiger partial charge < -0.3 is 29.0 Å². The number of rotatable bonds is 9. The Bertz CT molecular complexity index is 1370. The maximum atomic E-state index is 13.5. The molecule has 198 valence electrons. The van der Waals surface area contributed by atoms with Crippen LogP contribution in [0.1, 0.15) is 29.7 Å². The second-order valence-electron chi connectivity index (χ2n) is 8.32. The Balaban J connectivity index is 1.97. The number of nitrogens with zero attached hydrogens (tertiary/aromatic N) is 2. The predicted molar refractivity (Wildman–Crippen MR) is 141 cm³/mol. The number of benzene rings is 2. The van der Waals surface area contributed by atoms with Gasteiger partial charge in [-0.25, -0.2) is 0 Å². The molecule has 10 heteroatoms. The van der Waals surface area contributed by atoms with Crippen molar-refractivity contribution in [3.8, 4) is 23.0 Å². The van der Waals surface area contributed by atoms with Gasteiger partial charge in [0.15, 0.2) is 11.5 Å². The van der Waals surface area contributed by atoms with Crippen molar-refractivity contribution in [1.82, 2.24) is 9.88 Å². The maximum absolute atomic E-state index is 13.5. The summed E-state index contributed by atoms with van der Waals surface area (Å²) < 4.78 is 22.0. The predicted octanol–water partition coefficient (Wildman–Crippen LogP) is 4.78. The van der Waals surface area contributed by atoms with Gasteiger partial charge in [-0.15, -0.1) is 0 Å². The van der Waals surface area contributed by atoms with Crippen molar-refractivity contribution in [3.05, 3.63) is 82.1 Å². The van der Waals surface area contributed by atoms with Crippen LogP contribution in [-0.4, -0.2) is 54.6 Å². The Morgan fingerprint density at radius 2 is 1.66 bits per heavy atom. The van der Waals surface area contributed by atoms with E-state index in [9.17, 15) is 14.7 Å². The molecule has 0 bridgehead atoms. The Morgan fingerprint density at radius 3 is 2.24 bits per heavy atom. The molecule has 1 aliphatic heterocycles. The number of aliphatic hydroxyl groups excluding tert-OH is 1. The molecule has 0 saturated carbocycles. The molecule has 38 heavy (non-hydrogen) atoms. The summed E-state index contributed by atoms with van der Waals surface area (Å²) in [6.45, 7) is 2.30. The standard InChI is InChI=1S/C28H27ClN2O7/c1-5-38-18-6-7-20(29)19(14-18)25(32)23-24(17-12-21(35-2)27(37-4)22(13-17)36-3)31(28(34)26(23)33)15-16-8-10-30-11-9-16/h6-14,24,32H,5,15H2,1-4H3/b25-23+. The third-order valence-electron chi connectivity index (χ3n) is 6.15. The summed E-state index contributed by atoms with van der Waals surface area (Å²) in [5, 5.41) is 11.7. The van der Waals surface area contributed by atoms with E-state index in [1.165, 1.54) is 32.3 Å². The number of ether oxygens (including phenoxy) is 4. The minimum atomic E-state index is -0.997. The first kappa shape index (κ1) is 26.8. The van der Waals surface area contributed by atoms with Crippen molar-refractivity contribution in [2.24, 2.45) is 0 Å². The van der Waals surface area contributed by atoms with Crippen molar-refractivity contribution in [2.45, 2.75) is 19.5 Å². The summed E-state index contributed by atoms with van der Waals surface area (Å²) >= 11 is 6.43. The van der Waals surface area contributed by atoms with Gasteiger partial charge in [-0.05, 0) is 60.5 Å². The average Bonchev–Trinajstić information content (AvgIpc) is 3.18. The van der Waals surface area contributed by atoms with Crippen LogP contribution in [0.25, 0.3) is 5.76 Å². The number of methoxy groups -OCH3 is 3. The van der Waals surface area contributed by atoms with Crippen molar-refractivity contribution >= 4 is 29.1 Å². The molecule has 1 unspecified atom stereocenters. The molecule has 3 aromatic rings. The smallest absolute Gasteiger partial charge is 0.295 e. The van der Waals surface area contributed by atoms with Crippen molar-refractivity contribution in [3.63, 3.8) is 0 Å². The van der Waals surface area contributed by atoms with Crippen molar-refractivity contribution in [2.75, 3.05) is 27.9 Å². The lowest BCUT2D eigenvalue weighted by molar-refractivity contribution is -0.140. The quantitative estimate of drug-likeness (QED) is 0.235. The normalized spacial score (nSPS) is 16.4. The van der Waals surface area contributed by atoms with Gasteiger partial charge in [0.1, 0.15) is 11.5 Å². The third-order valence-corrected chi connectivity index (χ3v) is 6.48. The minimum Gasteiger partial charge on any atom is -0.507 e. The van der Waals surface area contributed by atoms with Crippen LogP contribution in [0.15, 0.2) is 60.4 Å². The maximum Gasteiger partial charge on any atom is 0.295 e. The van der Waals surface area contributed by atoms with Crippen LogP contribution in [0, 0.1) is 0 Å². The molecular weight excluding hydrogens is 512 g/mol. The van der Waals surface area contributed by atoms with E-state index in [0.29, 0.717) is 35.2 Å². The van der Waals surface area contributed by atoms with Gasteiger partial charge in [-0.2, -0.15) is 0 Å². The van der Waals surface area contributed by atoms with E-state index in [1.807, 2.05) is 6.92 Å². The second kappa shape index (κ2) is 11.4. The Kier molecular flexibility index (Phi) is 8.07. The van der Waals surface area contributed by atoms with Gasteiger partial charge in [0, 0.05) is 24.5 Å². The molecule has 1 fully saturated rings. The fraction of sp³-hybridized carbons (Fsp3) is 0.250. The summed E-state index contributed by atoms with van der Waals surface area (Å²) in [5.74, 6) is -0.607. The molecule has 0 spiro atoms. The highest BCUT2D eigenvalue weighted by Gasteiger charge is 2.46. The summed E-state index contributed by atoms with van der Waals surface area (Å²) in [4.78, 5) is 32.3. The first-order valence-corrected chi connectivity index (χ1v) is 12.1. The van der Waals surface area contributed by atoms with Gasteiger partial charge in [0.05, 0.1) is 44.6 Å². The Hall–Kier alpha value is -4.24. The highest BCUT2D eigenvalue weighted by molar-refractivity contribution is 6.47. The van der Waals surface area contributed by atoms with Gasteiger partial charge in [-0.1, -0.05) is 11.6 Å². The average molecular weight is 539 g/mol. The van der Waals surface area contributed by atoms with Gasteiger partial charge in [-0.3, -0.25) is 14.6 Å². The summed E-state index contributed by atoms with van der Waals surface area (Å²) in [6.07, 6.45) is 3.19. The van der Waals surface area contributed by atoms with Crippen LogP contribution in [0.3, 0.4) is 0 Å². The third kappa shape index (κ3) is 4.97. The van der Waals surface area contributed by atoms with Crippen molar-refractivity contribution in [1.29, 1.82) is 0 Å². The van der Waals surface area contributed by atoms with Crippen LogP contribution in [0.2, 0.25) is 5.02 Å². The van der Waals surface area contributed by atoms with E-state index in [-0.39, 0.29) is 22.7 Å². The topological polar surface area (TPSA) is 107 Å². The lowest BCUT2D eigenvalue weighted by atomic mass is 9.94. The lowest BCUT2D eigenvalue weighted by Gasteiger charge is -2.26. The van der Waals surface area contributed by atoms with Crippen LogP contribution < -0.4 is 18.9 Å². The van der Waals surface area contributed by atoms with E-state index in [0.717, 1.165) is 5.56 Å². The monoisotopic (exact) mass is 538 g/mol. The van der Waals surface area contributed by atoms with Crippen molar-refractivity contribution < 1.29 is 33.6 Å². The highest BCUT2D eigenvalue weighted by atomic mass is 35.5. The molecule has 9 nitrogen and oxygen atoms in total. The second-order valence-corrected chi connectivity index (χ2v) is 8.72. The molecule has 0 radical (unpaired) electrons. The molecular formula is C28H27ClN2O7. The summed E-state index contributed by atoms with van der Waals surface area (Å²) in [7, 11) is 4.41. The van der Waals surface area contributed by atoms with E-state index < -0.39 is 23.5 Å². The van der Waals surface area contributed by atoms with Gasteiger partial charge in [0.25, 0.3) is 11.7 Å². The minimum absolute atomic E-state index is 0.0813.